The second-order valence-electron chi connectivity index (χ2n) is 3.99. The van der Waals surface area contributed by atoms with E-state index in [0.717, 1.165) is 0 Å². The number of ether oxygens (including phenoxy) is 1. The number of hydrogen-bond acceptors (Lipinski definition) is 4. The van der Waals surface area contributed by atoms with Gasteiger partial charge in [-0.25, -0.2) is 4.79 Å². The van der Waals surface area contributed by atoms with Crippen LogP contribution in [0.4, 0.5) is 0 Å². The van der Waals surface area contributed by atoms with E-state index in [9.17, 15) is 14.7 Å². The number of rotatable bonds is 7. The van der Waals surface area contributed by atoms with Crippen molar-refractivity contribution in [1.82, 2.24) is 5.32 Å². The fourth-order valence-corrected chi connectivity index (χ4v) is 1.53. The monoisotopic (exact) mass is 267 g/mol. The first-order valence-electron chi connectivity index (χ1n) is 5.81. The molecule has 6 heteroatoms. The maximum Gasteiger partial charge on any atom is 0.326 e. The van der Waals surface area contributed by atoms with Gasteiger partial charge in [0.05, 0.1) is 0 Å². The van der Waals surface area contributed by atoms with Crippen molar-refractivity contribution >= 4 is 11.9 Å². The topological polar surface area (TPSA) is 95.9 Å². The van der Waals surface area contributed by atoms with Gasteiger partial charge in [0.25, 0.3) is 5.91 Å². The van der Waals surface area contributed by atoms with Crippen LogP contribution in [-0.2, 0) is 14.3 Å². The number of aliphatic hydroxyl groups is 1. The highest BCUT2D eigenvalue weighted by Gasteiger charge is 2.24. The van der Waals surface area contributed by atoms with Crippen LogP contribution in [0.1, 0.15) is 18.1 Å². The minimum atomic E-state index is -1.38. The Morgan fingerprint density at radius 2 is 1.95 bits per heavy atom. The van der Waals surface area contributed by atoms with Crippen LogP contribution < -0.4 is 5.32 Å². The van der Waals surface area contributed by atoms with Crippen molar-refractivity contribution in [1.29, 1.82) is 0 Å². The van der Waals surface area contributed by atoms with Crippen molar-refractivity contribution in [3.05, 3.63) is 35.9 Å². The van der Waals surface area contributed by atoms with Gasteiger partial charge in [-0.15, -0.1) is 0 Å². The SMILES string of the molecule is COCCC(NC(=O)C(O)c1ccccc1)C(=O)O. The number of nitrogens with one attached hydrogen (secondary N) is 1. The third-order valence-electron chi connectivity index (χ3n) is 2.59. The fourth-order valence-electron chi connectivity index (χ4n) is 1.53. The minimum absolute atomic E-state index is 0.138. The number of carboxylic acid groups (broad SMARTS) is 1. The molecule has 0 heterocycles. The van der Waals surface area contributed by atoms with Gasteiger partial charge in [0.1, 0.15) is 6.04 Å². The van der Waals surface area contributed by atoms with E-state index in [-0.39, 0.29) is 13.0 Å². The van der Waals surface area contributed by atoms with Crippen LogP contribution in [0.5, 0.6) is 0 Å². The fraction of sp³-hybridized carbons (Fsp3) is 0.385. The number of methoxy groups -OCH3 is 1. The summed E-state index contributed by atoms with van der Waals surface area (Å²) in [5.41, 5.74) is 0.413. The molecule has 1 aromatic carbocycles. The van der Waals surface area contributed by atoms with E-state index in [1.807, 2.05) is 0 Å². The molecule has 1 aromatic rings. The number of aliphatic carboxylic acids is 1. The second kappa shape index (κ2) is 7.50. The Kier molecular flexibility index (Phi) is 5.98. The lowest BCUT2D eigenvalue weighted by atomic mass is 10.1. The summed E-state index contributed by atoms with van der Waals surface area (Å²) in [5.74, 6) is -1.90. The van der Waals surface area contributed by atoms with Crippen LogP contribution in [0.2, 0.25) is 0 Å². The van der Waals surface area contributed by atoms with E-state index in [2.05, 4.69) is 5.32 Å². The minimum Gasteiger partial charge on any atom is -0.480 e. The zero-order valence-electron chi connectivity index (χ0n) is 10.6. The first-order valence-corrected chi connectivity index (χ1v) is 5.81. The third-order valence-corrected chi connectivity index (χ3v) is 2.59. The Morgan fingerprint density at radius 1 is 1.32 bits per heavy atom. The summed E-state index contributed by atoms with van der Waals surface area (Å²) in [6.45, 7) is 0.207. The molecule has 104 valence electrons. The van der Waals surface area contributed by atoms with E-state index < -0.39 is 24.0 Å². The number of amides is 1. The van der Waals surface area contributed by atoms with E-state index in [1.165, 1.54) is 7.11 Å². The van der Waals surface area contributed by atoms with Gasteiger partial charge in [0.15, 0.2) is 6.10 Å². The van der Waals surface area contributed by atoms with Crippen molar-refractivity contribution in [2.24, 2.45) is 0 Å². The molecule has 0 fully saturated rings. The van der Waals surface area contributed by atoms with Crippen LogP contribution in [-0.4, -0.2) is 41.8 Å². The third kappa shape index (κ3) is 4.69. The molecule has 0 aromatic heterocycles. The quantitative estimate of drug-likeness (QED) is 0.661. The Morgan fingerprint density at radius 3 is 2.47 bits per heavy atom. The van der Waals surface area contributed by atoms with E-state index >= 15 is 0 Å². The molecule has 0 aliphatic heterocycles. The summed E-state index contributed by atoms with van der Waals surface area (Å²) in [4.78, 5) is 22.7. The van der Waals surface area contributed by atoms with E-state index in [0.29, 0.717) is 5.56 Å². The zero-order valence-corrected chi connectivity index (χ0v) is 10.6. The summed E-state index contributed by atoms with van der Waals surface area (Å²) in [6.07, 6.45) is -1.25. The Bertz CT molecular complexity index is 420. The molecule has 3 N–H and O–H groups in total. The molecule has 6 nitrogen and oxygen atoms in total. The summed E-state index contributed by atoms with van der Waals surface area (Å²) in [6, 6.07) is 7.24. The molecule has 0 aliphatic rings. The van der Waals surface area contributed by atoms with Crippen molar-refractivity contribution in [3.8, 4) is 0 Å². The van der Waals surface area contributed by atoms with Crippen LogP contribution >= 0.6 is 0 Å². The highest BCUT2D eigenvalue weighted by molar-refractivity contribution is 5.86. The van der Waals surface area contributed by atoms with Gasteiger partial charge >= 0.3 is 5.97 Å². The number of carbonyl (C=O) groups excluding carboxylic acids is 1. The predicted octanol–water partition coefficient (Wildman–Crippen LogP) is 0.326. The van der Waals surface area contributed by atoms with Gasteiger partial charge in [0, 0.05) is 20.1 Å². The number of aliphatic hydroxyl groups excluding tert-OH is 1. The molecule has 1 amide bonds. The smallest absolute Gasteiger partial charge is 0.326 e. The number of carbonyl (C=O) groups is 2. The molecule has 0 aliphatic carbocycles. The Balaban J connectivity index is 2.64. The van der Waals surface area contributed by atoms with E-state index in [4.69, 9.17) is 9.84 Å². The molecule has 19 heavy (non-hydrogen) atoms. The van der Waals surface area contributed by atoms with E-state index in [1.54, 1.807) is 30.3 Å². The average Bonchev–Trinajstić information content (AvgIpc) is 2.43. The summed E-state index contributed by atoms with van der Waals surface area (Å²) < 4.78 is 4.77. The first-order chi connectivity index (χ1) is 9.06. The molecule has 0 radical (unpaired) electrons. The first kappa shape index (κ1) is 15.1. The van der Waals surface area contributed by atoms with Gasteiger partial charge < -0.3 is 20.3 Å². The van der Waals surface area contributed by atoms with Crippen molar-refractivity contribution in [3.63, 3.8) is 0 Å². The van der Waals surface area contributed by atoms with Crippen LogP contribution in [0.25, 0.3) is 0 Å². The van der Waals surface area contributed by atoms with Crippen molar-refractivity contribution < 1.29 is 24.5 Å². The van der Waals surface area contributed by atoms with Gasteiger partial charge in [-0.1, -0.05) is 30.3 Å². The standard InChI is InChI=1S/C13H17NO5/c1-19-8-7-10(13(17)18)14-12(16)11(15)9-5-3-2-4-6-9/h2-6,10-11,15H,7-8H2,1H3,(H,14,16)(H,17,18). The van der Waals surface area contributed by atoms with Crippen LogP contribution in [0.15, 0.2) is 30.3 Å². The Labute approximate surface area is 111 Å². The van der Waals surface area contributed by atoms with Crippen LogP contribution in [0, 0.1) is 0 Å². The van der Waals surface area contributed by atoms with Crippen molar-refractivity contribution in [2.45, 2.75) is 18.6 Å². The zero-order chi connectivity index (χ0) is 14.3. The lowest BCUT2D eigenvalue weighted by molar-refractivity contribution is -0.144. The highest BCUT2D eigenvalue weighted by atomic mass is 16.5. The largest absolute Gasteiger partial charge is 0.480 e. The predicted molar refractivity (Wildman–Crippen MR) is 67.5 cm³/mol. The maximum absolute atomic E-state index is 11.8. The summed E-state index contributed by atoms with van der Waals surface area (Å²) in [5, 5.41) is 21.0. The lowest BCUT2D eigenvalue weighted by Crippen LogP contribution is -2.43. The molecule has 1 rings (SSSR count). The van der Waals surface area contributed by atoms with Gasteiger partial charge in [-0.3, -0.25) is 4.79 Å². The number of carboxylic acids is 1. The van der Waals surface area contributed by atoms with Crippen molar-refractivity contribution in [2.75, 3.05) is 13.7 Å². The molecular weight excluding hydrogens is 250 g/mol. The van der Waals surface area contributed by atoms with Gasteiger partial charge in [-0.05, 0) is 5.56 Å². The van der Waals surface area contributed by atoms with Gasteiger partial charge in [0.2, 0.25) is 0 Å². The summed E-state index contributed by atoms with van der Waals surface area (Å²) in [7, 11) is 1.44. The molecule has 0 bridgehead atoms. The number of hydrogen-bond donors (Lipinski definition) is 3. The molecule has 0 saturated heterocycles. The second-order valence-corrected chi connectivity index (χ2v) is 3.99. The molecule has 0 spiro atoms. The maximum atomic E-state index is 11.8. The highest BCUT2D eigenvalue weighted by Crippen LogP contribution is 2.12. The molecule has 0 saturated carbocycles. The molecule has 2 atom stereocenters. The Hall–Kier alpha value is -1.92. The van der Waals surface area contributed by atoms with Gasteiger partial charge in [-0.2, -0.15) is 0 Å². The lowest BCUT2D eigenvalue weighted by Gasteiger charge is -2.17. The normalized spacial score (nSPS) is 13.6. The molecule has 2 unspecified atom stereocenters. The number of benzene rings is 1. The molecular formula is C13H17NO5. The summed E-state index contributed by atoms with van der Waals surface area (Å²) >= 11 is 0. The van der Waals surface area contributed by atoms with Crippen LogP contribution in [0.3, 0.4) is 0 Å². The average molecular weight is 267 g/mol.